The normalized spacial score (nSPS) is 16.3. The van der Waals surface area contributed by atoms with E-state index in [4.69, 9.17) is 9.47 Å². The van der Waals surface area contributed by atoms with Crippen LogP contribution in [0.2, 0.25) is 0 Å². The van der Waals surface area contributed by atoms with E-state index in [1.165, 1.54) is 24.2 Å². The molecule has 2 rings (SSSR count). The smallest absolute Gasteiger partial charge is 0.350 e. The van der Waals surface area contributed by atoms with E-state index in [2.05, 4.69) is 20.6 Å². The van der Waals surface area contributed by atoms with Gasteiger partial charge in [-0.25, -0.2) is 9.78 Å². The highest BCUT2D eigenvalue weighted by Crippen LogP contribution is 2.48. The van der Waals surface area contributed by atoms with E-state index in [9.17, 15) is 4.79 Å². The van der Waals surface area contributed by atoms with Gasteiger partial charge >= 0.3 is 5.97 Å². The van der Waals surface area contributed by atoms with E-state index < -0.39 is 0 Å². The molecule has 0 aromatic carbocycles. The van der Waals surface area contributed by atoms with Crippen LogP contribution in [0.5, 0.6) is 0 Å². The van der Waals surface area contributed by atoms with Gasteiger partial charge in [-0.05, 0) is 45.4 Å². The molecule has 1 fully saturated rings. The second-order valence-corrected chi connectivity index (χ2v) is 7.75. The summed E-state index contributed by atoms with van der Waals surface area (Å²) in [5, 5.41) is 7.61. The second-order valence-electron chi connectivity index (χ2n) is 6.72. The third-order valence-electron chi connectivity index (χ3n) is 4.65. The molecule has 1 unspecified atom stereocenters. The minimum absolute atomic E-state index is 0. The predicted octanol–water partition coefficient (Wildman–Crippen LogP) is 3.29. The molecule has 9 heteroatoms. The van der Waals surface area contributed by atoms with Gasteiger partial charge in [0, 0.05) is 27.3 Å². The lowest BCUT2D eigenvalue weighted by Gasteiger charge is -2.20. The Hall–Kier alpha value is -0.940. The van der Waals surface area contributed by atoms with Gasteiger partial charge in [-0.3, -0.25) is 4.99 Å². The Bertz CT molecular complexity index is 647. The van der Waals surface area contributed by atoms with Crippen LogP contribution in [-0.2, 0) is 9.47 Å². The van der Waals surface area contributed by atoms with Crippen molar-refractivity contribution in [3.63, 3.8) is 0 Å². The zero-order valence-electron chi connectivity index (χ0n) is 16.8. The van der Waals surface area contributed by atoms with Crippen molar-refractivity contribution in [3.05, 3.63) is 15.6 Å². The number of carbonyl (C=O) groups is 1. The number of esters is 1. The molecule has 1 atom stereocenters. The van der Waals surface area contributed by atoms with Crippen molar-refractivity contribution in [2.24, 2.45) is 10.4 Å². The molecule has 0 spiro atoms. The third-order valence-corrected chi connectivity index (χ3v) is 5.97. The lowest BCUT2D eigenvalue weighted by molar-refractivity contribution is 0.0531. The number of hydrogen-bond donors (Lipinski definition) is 2. The monoisotopic (exact) mass is 510 g/mol. The SMILES string of the molecule is CCOC(=O)c1sc(C(C)NC(=NC)NCC2(CCOC)CC2)nc1C.I. The van der Waals surface area contributed by atoms with Crippen molar-refractivity contribution >= 4 is 47.2 Å². The van der Waals surface area contributed by atoms with Gasteiger partial charge in [-0.15, -0.1) is 35.3 Å². The molecule has 1 saturated carbocycles. The summed E-state index contributed by atoms with van der Waals surface area (Å²) in [5.74, 6) is 0.434. The average molecular weight is 510 g/mol. The first-order valence-corrected chi connectivity index (χ1v) is 9.87. The van der Waals surface area contributed by atoms with Crippen LogP contribution < -0.4 is 10.6 Å². The molecule has 1 aromatic heterocycles. The lowest BCUT2D eigenvalue weighted by Crippen LogP contribution is -2.41. The van der Waals surface area contributed by atoms with Crippen LogP contribution in [0.1, 0.15) is 59.5 Å². The zero-order chi connectivity index (χ0) is 19.2. The zero-order valence-corrected chi connectivity index (χ0v) is 19.9. The van der Waals surface area contributed by atoms with E-state index in [1.54, 1.807) is 21.1 Å². The van der Waals surface area contributed by atoms with Crippen molar-refractivity contribution in [2.45, 2.75) is 46.1 Å². The number of nitrogens with one attached hydrogen (secondary N) is 2. The second kappa shape index (κ2) is 11.2. The minimum Gasteiger partial charge on any atom is -0.462 e. The molecule has 0 bridgehead atoms. The Morgan fingerprint density at radius 3 is 2.70 bits per heavy atom. The Labute approximate surface area is 182 Å². The fourth-order valence-electron chi connectivity index (χ4n) is 2.73. The Kier molecular flexibility index (Phi) is 9.96. The van der Waals surface area contributed by atoms with Gasteiger partial charge < -0.3 is 20.1 Å². The van der Waals surface area contributed by atoms with E-state index in [-0.39, 0.29) is 36.0 Å². The van der Waals surface area contributed by atoms with Crippen molar-refractivity contribution in [3.8, 4) is 0 Å². The first-order valence-electron chi connectivity index (χ1n) is 9.05. The molecule has 154 valence electrons. The maximum atomic E-state index is 12.0. The van der Waals surface area contributed by atoms with Gasteiger partial charge in [0.1, 0.15) is 9.88 Å². The summed E-state index contributed by atoms with van der Waals surface area (Å²) in [5.41, 5.74) is 1.04. The van der Waals surface area contributed by atoms with Crippen LogP contribution in [0.25, 0.3) is 0 Å². The summed E-state index contributed by atoms with van der Waals surface area (Å²) in [6, 6.07) is -0.0535. The van der Waals surface area contributed by atoms with E-state index >= 15 is 0 Å². The largest absolute Gasteiger partial charge is 0.462 e. The number of aliphatic imine (C=N–C) groups is 1. The molecule has 1 aromatic rings. The number of nitrogens with zero attached hydrogens (tertiary/aromatic N) is 2. The fourth-order valence-corrected chi connectivity index (χ4v) is 3.69. The molecule has 2 N–H and O–H groups in total. The van der Waals surface area contributed by atoms with Crippen LogP contribution in [0.15, 0.2) is 4.99 Å². The first kappa shape index (κ1) is 24.1. The number of ether oxygens (including phenoxy) is 2. The molecule has 0 saturated heterocycles. The van der Waals surface area contributed by atoms with Crippen LogP contribution in [0.3, 0.4) is 0 Å². The summed E-state index contributed by atoms with van der Waals surface area (Å²) in [4.78, 5) is 21.4. The van der Waals surface area contributed by atoms with Gasteiger partial charge in [-0.2, -0.15) is 0 Å². The standard InChI is InChI=1S/C18H30N4O3S.HI/c1-6-25-16(23)14-12(2)21-15(26-14)13(3)22-17(19-4)20-11-18(7-8-18)9-10-24-5;/h13H,6-11H2,1-5H3,(H2,19,20,22);1H. The predicted molar refractivity (Wildman–Crippen MR) is 119 cm³/mol. The van der Waals surface area contributed by atoms with Gasteiger partial charge in [-0.1, -0.05) is 0 Å². The molecule has 7 nitrogen and oxygen atoms in total. The molecule has 1 aliphatic carbocycles. The Morgan fingerprint density at radius 1 is 1.44 bits per heavy atom. The van der Waals surface area contributed by atoms with Gasteiger partial charge in [0.25, 0.3) is 0 Å². The molecule has 0 aliphatic heterocycles. The Balaban J connectivity index is 0.00000364. The van der Waals surface area contributed by atoms with Crippen molar-refractivity contribution in [1.82, 2.24) is 15.6 Å². The van der Waals surface area contributed by atoms with E-state index in [1.807, 2.05) is 13.8 Å². The average Bonchev–Trinajstić information content (AvgIpc) is 3.29. The van der Waals surface area contributed by atoms with E-state index in [0.717, 1.165) is 30.5 Å². The van der Waals surface area contributed by atoms with Crippen molar-refractivity contribution < 1.29 is 14.3 Å². The number of rotatable bonds is 9. The lowest BCUT2D eigenvalue weighted by atomic mass is 10.0. The van der Waals surface area contributed by atoms with Gasteiger partial charge in [0.2, 0.25) is 0 Å². The summed E-state index contributed by atoms with van der Waals surface area (Å²) in [7, 11) is 3.50. The van der Waals surface area contributed by atoms with Crippen LogP contribution in [0, 0.1) is 12.3 Å². The van der Waals surface area contributed by atoms with Gasteiger partial charge in [0.15, 0.2) is 5.96 Å². The molecular weight excluding hydrogens is 479 g/mol. The summed E-state index contributed by atoms with van der Waals surface area (Å²) >= 11 is 1.37. The summed E-state index contributed by atoms with van der Waals surface area (Å²) in [6.07, 6.45) is 3.52. The topological polar surface area (TPSA) is 84.8 Å². The number of hydrogen-bond acceptors (Lipinski definition) is 6. The molecule has 0 amide bonds. The fraction of sp³-hybridized carbons (Fsp3) is 0.722. The number of thiazole rings is 1. The molecule has 1 aliphatic rings. The first-order chi connectivity index (χ1) is 12.4. The quantitative estimate of drug-likeness (QED) is 0.230. The maximum absolute atomic E-state index is 12.0. The van der Waals surface area contributed by atoms with Crippen LogP contribution >= 0.6 is 35.3 Å². The molecule has 1 heterocycles. The number of guanidine groups is 1. The van der Waals surface area contributed by atoms with E-state index in [0.29, 0.717) is 22.6 Å². The number of aryl methyl sites for hydroxylation is 1. The summed E-state index contributed by atoms with van der Waals surface area (Å²) < 4.78 is 10.3. The van der Waals surface area contributed by atoms with Crippen molar-refractivity contribution in [1.29, 1.82) is 0 Å². The molecule has 27 heavy (non-hydrogen) atoms. The molecule has 0 radical (unpaired) electrons. The highest BCUT2D eigenvalue weighted by Gasteiger charge is 2.41. The minimum atomic E-state index is -0.308. The maximum Gasteiger partial charge on any atom is 0.350 e. The van der Waals surface area contributed by atoms with Crippen molar-refractivity contribution in [2.75, 3.05) is 33.9 Å². The number of carbonyl (C=O) groups excluding carboxylic acids is 1. The number of methoxy groups -OCH3 is 1. The summed E-state index contributed by atoms with van der Waals surface area (Å²) in [6.45, 7) is 7.68. The molecular formula is C18H31IN4O3S. The third kappa shape index (κ3) is 6.86. The van der Waals surface area contributed by atoms with Crippen LogP contribution in [-0.4, -0.2) is 50.8 Å². The van der Waals surface area contributed by atoms with Crippen LogP contribution in [0.4, 0.5) is 0 Å². The number of aromatic nitrogens is 1. The van der Waals surface area contributed by atoms with Gasteiger partial charge in [0.05, 0.1) is 18.3 Å². The number of halogens is 1. The Morgan fingerprint density at radius 2 is 2.15 bits per heavy atom. The highest BCUT2D eigenvalue weighted by atomic mass is 127. The highest BCUT2D eigenvalue weighted by molar-refractivity contribution is 14.0.